The Labute approximate surface area is 203 Å². The van der Waals surface area contributed by atoms with Gasteiger partial charge in [-0.15, -0.1) is 11.3 Å². The fourth-order valence-corrected chi connectivity index (χ4v) is 3.79. The summed E-state index contributed by atoms with van der Waals surface area (Å²) in [5.74, 6) is -0.480. The second-order valence-corrected chi connectivity index (χ2v) is 9.22. The molecule has 1 heterocycles. The number of amides is 3. The van der Waals surface area contributed by atoms with Crippen LogP contribution in [0.3, 0.4) is 0 Å². The maximum Gasteiger partial charge on any atom is 0.247 e. The van der Waals surface area contributed by atoms with E-state index >= 15 is 0 Å². The predicted octanol–water partition coefficient (Wildman–Crippen LogP) is 3.89. The molecule has 33 heavy (non-hydrogen) atoms. The second kappa shape index (κ2) is 13.9. The number of ether oxygens (including phenoxy) is 1. The smallest absolute Gasteiger partial charge is 0.247 e. The van der Waals surface area contributed by atoms with E-state index < -0.39 is 6.04 Å². The zero-order chi connectivity index (χ0) is 24.2. The first kappa shape index (κ1) is 26.8. The van der Waals surface area contributed by atoms with Crippen LogP contribution in [0.5, 0.6) is 0 Å². The molecule has 2 rings (SSSR count). The molecule has 0 saturated heterocycles. The number of benzene rings is 1. The highest BCUT2D eigenvalue weighted by Crippen LogP contribution is 2.24. The summed E-state index contributed by atoms with van der Waals surface area (Å²) in [4.78, 5) is 44.1. The van der Waals surface area contributed by atoms with Crippen molar-refractivity contribution in [2.45, 2.75) is 39.2 Å². The summed E-state index contributed by atoms with van der Waals surface area (Å²) in [6, 6.07) is 5.98. The van der Waals surface area contributed by atoms with E-state index in [1.165, 1.54) is 23.3 Å². The molecule has 8 nitrogen and oxygen atoms in total. The van der Waals surface area contributed by atoms with Crippen LogP contribution in [0, 0.1) is 5.92 Å². The summed E-state index contributed by atoms with van der Waals surface area (Å²) in [6.07, 6.45) is 2.34. The minimum atomic E-state index is -0.862. The molecule has 0 bridgehead atoms. The van der Waals surface area contributed by atoms with Crippen LogP contribution in [0.25, 0.3) is 0 Å². The van der Waals surface area contributed by atoms with Gasteiger partial charge in [0, 0.05) is 49.6 Å². The maximum atomic E-state index is 13.2. The zero-order valence-corrected chi connectivity index (χ0v) is 20.7. The maximum absolute atomic E-state index is 13.2. The van der Waals surface area contributed by atoms with Crippen LogP contribution in [0.4, 0.5) is 5.13 Å². The molecule has 1 atom stereocenters. The van der Waals surface area contributed by atoms with E-state index in [0.717, 1.165) is 6.42 Å². The van der Waals surface area contributed by atoms with Crippen LogP contribution in [-0.2, 0) is 19.1 Å². The lowest BCUT2D eigenvalue weighted by Crippen LogP contribution is -2.45. The number of carbonyl (C=O) groups excluding carboxylic acids is 3. The first-order valence-electron chi connectivity index (χ1n) is 10.8. The van der Waals surface area contributed by atoms with Gasteiger partial charge >= 0.3 is 0 Å². The molecule has 2 aromatic rings. The molecular weight excluding hydrogens is 464 g/mol. The van der Waals surface area contributed by atoms with Gasteiger partial charge in [-0.1, -0.05) is 37.6 Å². The average molecular weight is 495 g/mol. The van der Waals surface area contributed by atoms with Gasteiger partial charge in [0.1, 0.15) is 6.04 Å². The van der Waals surface area contributed by atoms with Crippen LogP contribution >= 0.6 is 22.9 Å². The summed E-state index contributed by atoms with van der Waals surface area (Å²) in [7, 11) is 1.53. The monoisotopic (exact) mass is 494 g/mol. The highest BCUT2D eigenvalue weighted by molar-refractivity contribution is 7.13. The van der Waals surface area contributed by atoms with Crippen LogP contribution in [0.15, 0.2) is 35.8 Å². The van der Waals surface area contributed by atoms with Crippen molar-refractivity contribution in [1.82, 2.24) is 15.2 Å². The molecule has 3 amide bonds. The number of anilines is 1. The van der Waals surface area contributed by atoms with Gasteiger partial charge in [0.15, 0.2) is 5.13 Å². The van der Waals surface area contributed by atoms with Gasteiger partial charge in [0.2, 0.25) is 17.7 Å². The highest BCUT2D eigenvalue weighted by Gasteiger charge is 2.31. The summed E-state index contributed by atoms with van der Waals surface area (Å²) >= 11 is 7.33. The van der Waals surface area contributed by atoms with Gasteiger partial charge in [-0.2, -0.15) is 0 Å². The molecule has 0 fully saturated rings. The Hall–Kier alpha value is -2.49. The van der Waals surface area contributed by atoms with Gasteiger partial charge in [-0.3, -0.25) is 14.4 Å². The van der Waals surface area contributed by atoms with E-state index in [4.69, 9.17) is 16.3 Å². The van der Waals surface area contributed by atoms with E-state index in [-0.39, 0.29) is 43.7 Å². The third-order valence-electron chi connectivity index (χ3n) is 4.87. The lowest BCUT2D eigenvalue weighted by Gasteiger charge is -2.31. The van der Waals surface area contributed by atoms with Crippen LogP contribution in [0.2, 0.25) is 5.02 Å². The molecule has 0 aliphatic rings. The lowest BCUT2D eigenvalue weighted by atomic mass is 10.0. The molecule has 0 aliphatic heterocycles. The third-order valence-corrected chi connectivity index (χ3v) is 5.81. The van der Waals surface area contributed by atoms with Crippen LogP contribution in [0.1, 0.15) is 44.7 Å². The molecular formula is C23H31ClN4O4S. The van der Waals surface area contributed by atoms with E-state index in [0.29, 0.717) is 28.2 Å². The molecule has 0 aliphatic carbocycles. The number of halogens is 1. The van der Waals surface area contributed by atoms with E-state index in [1.54, 1.807) is 35.8 Å². The van der Waals surface area contributed by atoms with Crippen LogP contribution in [-0.4, -0.2) is 54.4 Å². The summed E-state index contributed by atoms with van der Waals surface area (Å²) in [5.41, 5.74) is 0.637. The Morgan fingerprint density at radius 1 is 1.18 bits per heavy atom. The minimum Gasteiger partial charge on any atom is -0.383 e. The van der Waals surface area contributed by atoms with Crippen molar-refractivity contribution in [2.24, 2.45) is 5.92 Å². The predicted molar refractivity (Wildman–Crippen MR) is 130 cm³/mol. The fraction of sp³-hybridized carbons (Fsp3) is 0.478. The first-order valence-corrected chi connectivity index (χ1v) is 12.1. The van der Waals surface area contributed by atoms with Crippen molar-refractivity contribution in [3.05, 3.63) is 46.4 Å². The molecule has 0 radical (unpaired) electrons. The van der Waals surface area contributed by atoms with Gasteiger partial charge in [-0.25, -0.2) is 4.98 Å². The van der Waals surface area contributed by atoms with E-state index in [2.05, 4.69) is 29.5 Å². The number of thiazole rings is 1. The molecule has 0 unspecified atom stereocenters. The molecule has 1 aromatic heterocycles. The Balaban J connectivity index is 2.18. The SMILES string of the molecule is COCCN(C(=O)CCC(=O)Nc1nccs1)[C@@H](C(=O)NCCC(C)C)c1ccc(Cl)cc1. The molecule has 180 valence electrons. The topological polar surface area (TPSA) is 101 Å². The third kappa shape index (κ3) is 9.11. The first-order chi connectivity index (χ1) is 15.8. The summed E-state index contributed by atoms with van der Waals surface area (Å²) in [5, 5.41) is 8.37. The van der Waals surface area contributed by atoms with Crippen molar-refractivity contribution in [3.8, 4) is 0 Å². The summed E-state index contributed by atoms with van der Waals surface area (Å²) < 4.78 is 5.18. The van der Waals surface area contributed by atoms with Crippen molar-refractivity contribution in [3.63, 3.8) is 0 Å². The Morgan fingerprint density at radius 2 is 1.91 bits per heavy atom. The quantitative estimate of drug-likeness (QED) is 0.440. The number of hydrogen-bond donors (Lipinski definition) is 2. The highest BCUT2D eigenvalue weighted by atomic mass is 35.5. The Bertz CT molecular complexity index is 890. The minimum absolute atomic E-state index is 0.0236. The van der Waals surface area contributed by atoms with Crippen molar-refractivity contribution in [1.29, 1.82) is 0 Å². The van der Waals surface area contributed by atoms with Gasteiger partial charge in [-0.05, 0) is 30.0 Å². The molecule has 10 heteroatoms. The number of nitrogens with zero attached hydrogens (tertiary/aromatic N) is 2. The molecule has 0 saturated carbocycles. The Kier molecular flexibility index (Phi) is 11.3. The van der Waals surface area contributed by atoms with Gasteiger partial charge < -0.3 is 20.3 Å². The van der Waals surface area contributed by atoms with Crippen LogP contribution < -0.4 is 10.6 Å². The van der Waals surface area contributed by atoms with Crippen molar-refractivity contribution in [2.75, 3.05) is 32.1 Å². The number of carbonyl (C=O) groups is 3. The molecule has 2 N–H and O–H groups in total. The van der Waals surface area contributed by atoms with Gasteiger partial charge in [0.25, 0.3) is 0 Å². The van der Waals surface area contributed by atoms with E-state index in [1.807, 2.05) is 0 Å². The van der Waals surface area contributed by atoms with Crippen molar-refractivity contribution >= 4 is 45.8 Å². The normalized spacial score (nSPS) is 11.8. The fourth-order valence-electron chi connectivity index (χ4n) is 3.12. The number of nitrogens with one attached hydrogen (secondary N) is 2. The largest absolute Gasteiger partial charge is 0.383 e. The van der Waals surface area contributed by atoms with Gasteiger partial charge in [0.05, 0.1) is 6.61 Å². The number of methoxy groups -OCH3 is 1. The second-order valence-electron chi connectivity index (χ2n) is 7.89. The number of aromatic nitrogens is 1. The molecule has 1 aromatic carbocycles. The standard InChI is InChI=1S/C23H31ClN4O4S/c1-16(2)10-11-25-22(31)21(17-4-6-18(24)7-5-17)28(13-14-32-3)20(30)9-8-19(29)27-23-26-12-15-33-23/h4-7,12,15-16,21H,8-11,13-14H2,1-3H3,(H,25,31)(H,26,27,29)/t21-/m1/s1. The van der Waals surface area contributed by atoms with Crippen molar-refractivity contribution < 1.29 is 19.1 Å². The summed E-state index contributed by atoms with van der Waals surface area (Å²) in [6.45, 7) is 5.11. The number of hydrogen-bond acceptors (Lipinski definition) is 6. The molecule has 0 spiro atoms. The average Bonchev–Trinajstić information content (AvgIpc) is 3.28. The Morgan fingerprint density at radius 3 is 2.52 bits per heavy atom. The zero-order valence-electron chi connectivity index (χ0n) is 19.2. The number of rotatable bonds is 13. The van der Waals surface area contributed by atoms with E-state index in [9.17, 15) is 14.4 Å². The lowest BCUT2D eigenvalue weighted by molar-refractivity contribution is -0.142.